The van der Waals surface area contributed by atoms with Crippen LogP contribution in [0.5, 0.6) is 0 Å². The number of hydrogen-bond donors (Lipinski definition) is 1. The van der Waals surface area contributed by atoms with Gasteiger partial charge in [-0.2, -0.15) is 16.7 Å². The number of aromatic nitrogens is 2. The van der Waals surface area contributed by atoms with Crippen molar-refractivity contribution in [3.63, 3.8) is 0 Å². The minimum Gasteiger partial charge on any atom is -0.339 e. The Morgan fingerprint density at radius 2 is 2.18 bits per heavy atom. The Morgan fingerprint density at radius 1 is 1.35 bits per heavy atom. The highest BCUT2D eigenvalue weighted by atomic mass is 32.2. The van der Waals surface area contributed by atoms with Crippen LogP contribution < -0.4 is 5.32 Å². The molecule has 0 bridgehead atoms. The van der Waals surface area contributed by atoms with Gasteiger partial charge >= 0.3 is 0 Å². The van der Waals surface area contributed by atoms with Crippen molar-refractivity contribution >= 4 is 23.5 Å². The molecule has 2 saturated heterocycles. The highest BCUT2D eigenvalue weighted by Crippen LogP contribution is 2.41. The van der Waals surface area contributed by atoms with Crippen molar-refractivity contribution in [3.8, 4) is 0 Å². The molecule has 2 fully saturated rings. The van der Waals surface area contributed by atoms with E-state index in [1.165, 1.54) is 11.5 Å². The summed E-state index contributed by atoms with van der Waals surface area (Å²) in [5, 5.41) is 8.42. The third-order valence-corrected chi connectivity index (χ3v) is 6.34. The fourth-order valence-corrected chi connectivity index (χ4v) is 4.80. The van der Waals surface area contributed by atoms with Gasteiger partial charge in [-0.15, -0.1) is 11.8 Å². The lowest BCUT2D eigenvalue weighted by Crippen LogP contribution is -2.43. The molecule has 1 N–H and O–H groups in total. The fraction of sp³-hybridized carbons (Fsp3) is 0.818. The molecule has 4 nitrogen and oxygen atoms in total. The molecular weight excluding hydrogens is 254 g/mol. The Labute approximate surface area is 110 Å². The van der Waals surface area contributed by atoms with Crippen molar-refractivity contribution in [2.75, 3.05) is 24.6 Å². The zero-order valence-electron chi connectivity index (χ0n) is 9.89. The maximum atomic E-state index is 5.36. The summed E-state index contributed by atoms with van der Waals surface area (Å²) >= 11 is 3.97. The molecule has 2 unspecified atom stereocenters. The number of rotatable bonds is 3. The van der Waals surface area contributed by atoms with Crippen LogP contribution in [0.3, 0.4) is 0 Å². The summed E-state index contributed by atoms with van der Waals surface area (Å²) in [7, 11) is 0. The van der Waals surface area contributed by atoms with E-state index < -0.39 is 0 Å². The Morgan fingerprint density at radius 3 is 2.88 bits per heavy atom. The molecule has 0 amide bonds. The molecule has 94 valence electrons. The minimum absolute atomic E-state index is 0.408. The highest BCUT2D eigenvalue weighted by Gasteiger charge is 2.29. The van der Waals surface area contributed by atoms with E-state index in [2.05, 4.69) is 22.4 Å². The summed E-state index contributed by atoms with van der Waals surface area (Å²) < 4.78 is 5.36. The van der Waals surface area contributed by atoms with E-state index in [4.69, 9.17) is 4.52 Å². The van der Waals surface area contributed by atoms with Gasteiger partial charge in [0.15, 0.2) is 5.82 Å². The van der Waals surface area contributed by atoms with Crippen molar-refractivity contribution in [2.45, 2.75) is 23.8 Å². The maximum Gasteiger partial charge on any atom is 0.227 e. The lowest BCUT2D eigenvalue weighted by atomic mass is 10.00. The minimum atomic E-state index is 0.408. The van der Waals surface area contributed by atoms with Crippen molar-refractivity contribution in [3.05, 3.63) is 11.7 Å². The summed E-state index contributed by atoms with van der Waals surface area (Å²) in [4.78, 5) is 4.57. The maximum absolute atomic E-state index is 5.36. The molecule has 2 atom stereocenters. The van der Waals surface area contributed by atoms with E-state index in [-0.39, 0.29) is 0 Å². The van der Waals surface area contributed by atoms with Gasteiger partial charge in [0.25, 0.3) is 0 Å². The van der Waals surface area contributed by atoms with E-state index in [9.17, 15) is 0 Å². The predicted octanol–water partition coefficient (Wildman–Crippen LogP) is 1.74. The highest BCUT2D eigenvalue weighted by molar-refractivity contribution is 8.06. The summed E-state index contributed by atoms with van der Waals surface area (Å²) in [6, 6.07) is 0. The third-order valence-electron chi connectivity index (χ3n) is 3.26. The molecule has 6 heteroatoms. The molecule has 3 heterocycles. The molecule has 3 rings (SSSR count). The number of nitrogens with one attached hydrogen (secondary N) is 1. The monoisotopic (exact) mass is 271 g/mol. The number of thioether (sulfide) groups is 2. The Balaban J connectivity index is 1.65. The van der Waals surface area contributed by atoms with E-state index in [1.54, 1.807) is 0 Å². The zero-order chi connectivity index (χ0) is 11.7. The van der Waals surface area contributed by atoms with Crippen LogP contribution in [0.1, 0.15) is 23.9 Å². The Bertz CT molecular complexity index is 381. The van der Waals surface area contributed by atoms with Gasteiger partial charge in [-0.05, 0) is 19.0 Å². The van der Waals surface area contributed by atoms with Gasteiger partial charge in [-0.25, -0.2) is 0 Å². The van der Waals surface area contributed by atoms with Gasteiger partial charge < -0.3 is 9.84 Å². The summed E-state index contributed by atoms with van der Waals surface area (Å²) in [6.45, 7) is 4.43. The van der Waals surface area contributed by atoms with Crippen molar-refractivity contribution in [2.24, 2.45) is 5.92 Å². The second-order valence-corrected chi connectivity index (χ2v) is 7.38. The smallest absolute Gasteiger partial charge is 0.227 e. The normalized spacial score (nSPS) is 30.2. The molecule has 1 aromatic rings. The molecule has 0 saturated carbocycles. The van der Waals surface area contributed by atoms with Crippen LogP contribution in [0.2, 0.25) is 0 Å². The lowest BCUT2D eigenvalue weighted by Gasteiger charge is -2.25. The Hall–Kier alpha value is -0.200. The quantitative estimate of drug-likeness (QED) is 0.904. The van der Waals surface area contributed by atoms with Gasteiger partial charge in [0.2, 0.25) is 5.89 Å². The van der Waals surface area contributed by atoms with E-state index >= 15 is 0 Å². The second-order valence-electron chi connectivity index (χ2n) is 4.64. The first kappa shape index (κ1) is 11.9. The molecule has 0 spiro atoms. The summed E-state index contributed by atoms with van der Waals surface area (Å²) in [5.74, 6) is 4.83. The van der Waals surface area contributed by atoms with Crippen molar-refractivity contribution in [1.29, 1.82) is 0 Å². The average molecular weight is 271 g/mol. The molecule has 17 heavy (non-hydrogen) atoms. The second kappa shape index (κ2) is 5.20. The van der Waals surface area contributed by atoms with Gasteiger partial charge in [0.05, 0.1) is 5.25 Å². The van der Waals surface area contributed by atoms with Crippen LogP contribution in [-0.4, -0.2) is 40.0 Å². The molecule has 0 aromatic carbocycles. The van der Waals surface area contributed by atoms with E-state index in [1.807, 2.05) is 23.5 Å². The van der Waals surface area contributed by atoms with E-state index in [0.29, 0.717) is 16.4 Å². The molecular formula is C11H17N3OS2. The topological polar surface area (TPSA) is 51.0 Å². The van der Waals surface area contributed by atoms with Gasteiger partial charge in [0.1, 0.15) is 0 Å². The summed E-state index contributed by atoms with van der Waals surface area (Å²) in [5.41, 5.74) is 0. The van der Waals surface area contributed by atoms with Crippen molar-refractivity contribution in [1.82, 2.24) is 15.5 Å². The molecule has 0 aliphatic carbocycles. The Kier molecular flexibility index (Phi) is 3.63. The van der Waals surface area contributed by atoms with E-state index in [0.717, 1.165) is 31.2 Å². The first-order valence-electron chi connectivity index (χ1n) is 6.09. The van der Waals surface area contributed by atoms with Crippen LogP contribution in [0, 0.1) is 5.92 Å². The summed E-state index contributed by atoms with van der Waals surface area (Å²) in [6.07, 6.45) is 0.929. The van der Waals surface area contributed by atoms with Crippen LogP contribution in [-0.2, 0) is 6.42 Å². The molecule has 1 aromatic heterocycles. The van der Waals surface area contributed by atoms with Gasteiger partial charge in [-0.1, -0.05) is 12.1 Å². The van der Waals surface area contributed by atoms with Crippen molar-refractivity contribution < 1.29 is 4.52 Å². The van der Waals surface area contributed by atoms with Crippen LogP contribution in [0.15, 0.2) is 4.52 Å². The predicted molar refractivity (Wildman–Crippen MR) is 71.5 cm³/mol. The van der Waals surface area contributed by atoms with Gasteiger partial charge in [-0.3, -0.25) is 0 Å². The molecule has 2 aliphatic rings. The van der Waals surface area contributed by atoms with Gasteiger partial charge in [0, 0.05) is 23.2 Å². The number of hydrogen-bond acceptors (Lipinski definition) is 6. The SMILES string of the molecule is CC1SCCSC1c1noc(CC2CNC2)n1. The van der Waals surface area contributed by atoms with Crippen LogP contribution in [0.4, 0.5) is 0 Å². The van der Waals surface area contributed by atoms with Crippen LogP contribution in [0.25, 0.3) is 0 Å². The first-order valence-corrected chi connectivity index (χ1v) is 8.19. The third kappa shape index (κ3) is 2.63. The zero-order valence-corrected chi connectivity index (χ0v) is 11.5. The number of nitrogens with zero attached hydrogens (tertiary/aromatic N) is 2. The standard InChI is InChI=1S/C11H17N3OS2/c1-7-10(17-3-2-16-7)11-13-9(15-14-11)4-8-5-12-6-8/h7-8,10,12H,2-6H2,1H3. The largest absolute Gasteiger partial charge is 0.339 e. The molecule has 2 aliphatic heterocycles. The first-order chi connectivity index (χ1) is 8.33. The van der Waals surface area contributed by atoms with Crippen LogP contribution >= 0.6 is 23.5 Å². The molecule has 0 radical (unpaired) electrons. The fourth-order valence-electron chi connectivity index (χ4n) is 2.12. The average Bonchev–Trinajstić information content (AvgIpc) is 2.73. The lowest BCUT2D eigenvalue weighted by molar-refractivity contribution is 0.295.